The van der Waals surface area contributed by atoms with Crippen molar-refractivity contribution in [3.63, 3.8) is 0 Å². The normalized spacial score (nSPS) is 13.2. The van der Waals surface area contributed by atoms with Gasteiger partial charge in [0.2, 0.25) is 10.0 Å². The Morgan fingerprint density at radius 1 is 1.50 bits per heavy atom. The first kappa shape index (κ1) is 14.7. The molecule has 0 saturated carbocycles. The molecule has 102 valence electrons. The second-order valence-corrected chi connectivity index (χ2v) is 5.81. The summed E-state index contributed by atoms with van der Waals surface area (Å²) in [6.45, 7) is 1.36. The van der Waals surface area contributed by atoms with Crippen molar-refractivity contribution >= 4 is 15.7 Å². The lowest BCUT2D eigenvalue weighted by Crippen LogP contribution is -2.37. The molecule has 0 bridgehead atoms. The predicted octanol–water partition coefficient (Wildman–Crippen LogP) is -0.0522. The van der Waals surface area contributed by atoms with Gasteiger partial charge in [-0.2, -0.15) is 0 Å². The van der Waals surface area contributed by atoms with Crippen molar-refractivity contribution in [2.45, 2.75) is 13.0 Å². The SMILES string of the molecule is C[C@@H](CO)NS(=O)(=O)CCOc1cccc(N)c1. The van der Waals surface area contributed by atoms with E-state index in [9.17, 15) is 8.42 Å². The zero-order chi connectivity index (χ0) is 13.6. The van der Waals surface area contributed by atoms with Gasteiger partial charge in [-0.15, -0.1) is 0 Å². The van der Waals surface area contributed by atoms with Crippen molar-refractivity contribution < 1.29 is 18.3 Å². The molecular formula is C11H18N2O4S. The Kier molecular flexibility index (Phi) is 5.39. The molecule has 4 N–H and O–H groups in total. The maximum absolute atomic E-state index is 11.5. The largest absolute Gasteiger partial charge is 0.492 e. The number of hydrogen-bond donors (Lipinski definition) is 3. The highest BCUT2D eigenvalue weighted by Gasteiger charge is 2.13. The summed E-state index contributed by atoms with van der Waals surface area (Å²) in [6, 6.07) is 6.27. The molecule has 18 heavy (non-hydrogen) atoms. The van der Waals surface area contributed by atoms with Gasteiger partial charge in [-0.05, 0) is 19.1 Å². The Morgan fingerprint density at radius 3 is 2.83 bits per heavy atom. The summed E-state index contributed by atoms with van der Waals surface area (Å²) in [7, 11) is -3.44. The Labute approximate surface area is 107 Å². The predicted molar refractivity (Wildman–Crippen MR) is 69.8 cm³/mol. The molecule has 0 aliphatic carbocycles. The molecule has 0 heterocycles. The zero-order valence-corrected chi connectivity index (χ0v) is 11.0. The van der Waals surface area contributed by atoms with E-state index in [0.29, 0.717) is 11.4 Å². The van der Waals surface area contributed by atoms with Crippen LogP contribution in [0.4, 0.5) is 5.69 Å². The van der Waals surface area contributed by atoms with Crippen molar-refractivity contribution in [3.8, 4) is 5.75 Å². The van der Waals surface area contributed by atoms with E-state index in [1.165, 1.54) is 0 Å². The van der Waals surface area contributed by atoms with Gasteiger partial charge in [-0.3, -0.25) is 0 Å². The molecule has 0 saturated heterocycles. The van der Waals surface area contributed by atoms with Gasteiger partial charge in [-0.25, -0.2) is 13.1 Å². The van der Waals surface area contributed by atoms with E-state index in [1.807, 2.05) is 0 Å². The van der Waals surface area contributed by atoms with E-state index in [1.54, 1.807) is 31.2 Å². The van der Waals surface area contributed by atoms with Crippen molar-refractivity contribution in [1.29, 1.82) is 0 Å². The fourth-order valence-electron chi connectivity index (χ4n) is 1.28. The number of hydrogen-bond acceptors (Lipinski definition) is 5. The van der Waals surface area contributed by atoms with Gasteiger partial charge >= 0.3 is 0 Å². The summed E-state index contributed by atoms with van der Waals surface area (Å²) in [6.07, 6.45) is 0. The van der Waals surface area contributed by atoms with E-state index in [-0.39, 0.29) is 19.0 Å². The minimum absolute atomic E-state index is 0.0247. The third kappa shape index (κ3) is 5.35. The average Bonchev–Trinajstić information content (AvgIpc) is 2.28. The molecule has 0 radical (unpaired) electrons. The number of aliphatic hydroxyl groups excluding tert-OH is 1. The van der Waals surface area contributed by atoms with Crippen molar-refractivity contribution in [1.82, 2.24) is 4.72 Å². The molecule has 0 fully saturated rings. The van der Waals surface area contributed by atoms with Gasteiger partial charge in [0.05, 0.1) is 12.4 Å². The molecule has 1 rings (SSSR count). The van der Waals surface area contributed by atoms with E-state index >= 15 is 0 Å². The molecule has 1 atom stereocenters. The first-order chi connectivity index (χ1) is 8.43. The van der Waals surface area contributed by atoms with Crippen LogP contribution in [-0.2, 0) is 10.0 Å². The maximum Gasteiger partial charge on any atom is 0.215 e. The molecule has 0 spiro atoms. The van der Waals surface area contributed by atoms with Gasteiger partial charge in [0.1, 0.15) is 12.4 Å². The Balaban J connectivity index is 2.42. The topological polar surface area (TPSA) is 102 Å². The highest BCUT2D eigenvalue weighted by Crippen LogP contribution is 2.14. The molecule has 0 unspecified atom stereocenters. The van der Waals surface area contributed by atoms with Crippen molar-refractivity contribution in [3.05, 3.63) is 24.3 Å². The number of anilines is 1. The summed E-state index contributed by atoms with van der Waals surface area (Å²) in [5, 5.41) is 8.76. The molecule has 7 heteroatoms. The standard InChI is InChI=1S/C11H18N2O4S/c1-9(8-14)13-18(15,16)6-5-17-11-4-2-3-10(12)7-11/h2-4,7,9,13-14H,5-6,8,12H2,1H3/t9-/m0/s1. The lowest BCUT2D eigenvalue weighted by Gasteiger charge is -2.12. The lowest BCUT2D eigenvalue weighted by atomic mass is 10.3. The van der Waals surface area contributed by atoms with Crippen LogP contribution in [0.1, 0.15) is 6.92 Å². The van der Waals surface area contributed by atoms with Gasteiger partial charge in [0, 0.05) is 17.8 Å². The average molecular weight is 274 g/mol. The smallest absolute Gasteiger partial charge is 0.215 e. The summed E-state index contributed by atoms with van der Waals surface area (Å²) in [5.74, 6) is 0.354. The van der Waals surface area contributed by atoms with Crippen LogP contribution in [0.15, 0.2) is 24.3 Å². The van der Waals surface area contributed by atoms with E-state index in [4.69, 9.17) is 15.6 Å². The minimum atomic E-state index is -3.44. The third-order valence-electron chi connectivity index (χ3n) is 2.13. The van der Waals surface area contributed by atoms with Crippen molar-refractivity contribution in [2.75, 3.05) is 24.7 Å². The fraction of sp³-hybridized carbons (Fsp3) is 0.455. The summed E-state index contributed by atoms with van der Waals surface area (Å²) < 4.78 is 30.7. The number of nitrogens with one attached hydrogen (secondary N) is 1. The monoisotopic (exact) mass is 274 g/mol. The van der Waals surface area contributed by atoms with Gasteiger partial charge in [0.25, 0.3) is 0 Å². The molecule has 0 aliphatic rings. The quantitative estimate of drug-likeness (QED) is 0.605. The van der Waals surface area contributed by atoms with Gasteiger partial charge in [0.15, 0.2) is 0 Å². The Hall–Kier alpha value is -1.31. The van der Waals surface area contributed by atoms with E-state index in [0.717, 1.165) is 0 Å². The van der Waals surface area contributed by atoms with Gasteiger partial charge in [-0.1, -0.05) is 6.07 Å². The number of aliphatic hydroxyl groups is 1. The van der Waals surface area contributed by atoms with Crippen molar-refractivity contribution in [2.24, 2.45) is 0 Å². The highest BCUT2D eigenvalue weighted by molar-refractivity contribution is 7.89. The summed E-state index contributed by atoms with van der Waals surface area (Å²) in [5.41, 5.74) is 6.12. The summed E-state index contributed by atoms with van der Waals surface area (Å²) in [4.78, 5) is 0. The van der Waals surface area contributed by atoms with Crippen LogP contribution < -0.4 is 15.2 Å². The first-order valence-corrected chi connectivity index (χ1v) is 7.17. The molecule has 0 aliphatic heterocycles. The number of nitrogens with two attached hydrogens (primary N) is 1. The van der Waals surface area contributed by atoms with Crippen LogP contribution in [0.25, 0.3) is 0 Å². The van der Waals surface area contributed by atoms with Crippen LogP contribution in [0, 0.1) is 0 Å². The molecule has 6 nitrogen and oxygen atoms in total. The van der Waals surface area contributed by atoms with Gasteiger partial charge < -0.3 is 15.6 Å². The maximum atomic E-state index is 11.5. The molecule has 1 aromatic carbocycles. The van der Waals surface area contributed by atoms with Crippen LogP contribution in [0.5, 0.6) is 5.75 Å². The summed E-state index contributed by atoms with van der Waals surface area (Å²) >= 11 is 0. The van der Waals surface area contributed by atoms with Crippen LogP contribution >= 0.6 is 0 Å². The molecule has 1 aromatic rings. The Morgan fingerprint density at radius 2 is 2.22 bits per heavy atom. The number of nitrogen functional groups attached to an aromatic ring is 1. The van der Waals surface area contributed by atoms with Crippen LogP contribution in [0.3, 0.4) is 0 Å². The Bertz CT molecular complexity index is 476. The lowest BCUT2D eigenvalue weighted by molar-refractivity contribution is 0.264. The van der Waals surface area contributed by atoms with E-state index in [2.05, 4.69) is 4.72 Å². The van der Waals surface area contributed by atoms with Crippen LogP contribution in [0.2, 0.25) is 0 Å². The molecular weight excluding hydrogens is 256 g/mol. The van der Waals surface area contributed by atoms with E-state index < -0.39 is 16.1 Å². The fourth-order valence-corrected chi connectivity index (χ4v) is 2.38. The second kappa shape index (κ2) is 6.58. The molecule has 0 aromatic heterocycles. The minimum Gasteiger partial charge on any atom is -0.492 e. The number of ether oxygens (including phenoxy) is 1. The first-order valence-electron chi connectivity index (χ1n) is 5.52. The number of sulfonamides is 1. The van der Waals surface area contributed by atoms with Crippen LogP contribution in [-0.4, -0.2) is 38.5 Å². The highest BCUT2D eigenvalue weighted by atomic mass is 32.2. The third-order valence-corrected chi connectivity index (χ3v) is 3.60. The second-order valence-electron chi connectivity index (χ2n) is 3.94. The zero-order valence-electron chi connectivity index (χ0n) is 10.2. The number of rotatable bonds is 7. The molecule has 0 amide bonds. The number of benzene rings is 1.